The van der Waals surface area contributed by atoms with Crippen LogP contribution in [0.1, 0.15) is 36.8 Å². The normalized spacial score (nSPS) is 18.9. The van der Waals surface area contributed by atoms with Crippen LogP contribution in [0.5, 0.6) is 17.4 Å². The lowest BCUT2D eigenvalue weighted by Gasteiger charge is -2.33. The van der Waals surface area contributed by atoms with Crippen LogP contribution in [-0.2, 0) is 17.5 Å². The largest absolute Gasteiger partial charge is 0.497 e. The highest BCUT2D eigenvalue weighted by Crippen LogP contribution is 2.35. The highest BCUT2D eigenvalue weighted by Gasteiger charge is 2.43. The first kappa shape index (κ1) is 31.0. The molecule has 0 unspecified atom stereocenters. The van der Waals surface area contributed by atoms with E-state index in [9.17, 15) is 31.5 Å². The summed E-state index contributed by atoms with van der Waals surface area (Å²) in [5.74, 6) is 0.153. The summed E-state index contributed by atoms with van der Waals surface area (Å²) in [6, 6.07) is 8.32. The van der Waals surface area contributed by atoms with Crippen LogP contribution < -0.4 is 19.1 Å². The number of urea groups is 1. The van der Waals surface area contributed by atoms with Gasteiger partial charge in [-0.1, -0.05) is 12.1 Å². The highest BCUT2D eigenvalue weighted by molar-refractivity contribution is 6.12. The zero-order chi connectivity index (χ0) is 32.6. The molecule has 46 heavy (non-hydrogen) atoms. The minimum Gasteiger partial charge on any atom is -0.497 e. The van der Waals surface area contributed by atoms with Crippen molar-refractivity contribution < 1.29 is 45.8 Å². The SMILES string of the molecule is COc1ccc(Cn2nc(OC(F)F)c3cc(OC4CCC(N5C(=O)CN(c6cncc(C(F)(F)F)c6)C5=O)CC4)cnc32)cc1. The number of methoxy groups -OCH3 is 1. The minimum atomic E-state index is -4.65. The van der Waals surface area contributed by atoms with Gasteiger partial charge in [-0.25, -0.2) is 14.5 Å². The number of halogens is 5. The highest BCUT2D eigenvalue weighted by atomic mass is 19.4. The maximum Gasteiger partial charge on any atom is 0.417 e. The van der Waals surface area contributed by atoms with Crippen molar-refractivity contribution in [2.24, 2.45) is 0 Å². The molecule has 3 amide bonds. The number of carbonyl (C=O) groups is 2. The Hall–Kier alpha value is -5.02. The number of nitrogens with zero attached hydrogens (tertiary/aromatic N) is 6. The molecule has 1 aromatic carbocycles. The average molecular weight is 647 g/mol. The number of aromatic nitrogens is 4. The number of rotatable bonds is 9. The molecule has 4 heterocycles. The van der Waals surface area contributed by atoms with Crippen LogP contribution in [0.3, 0.4) is 0 Å². The number of ether oxygens (including phenoxy) is 3. The Morgan fingerprint density at radius 1 is 0.978 bits per heavy atom. The van der Waals surface area contributed by atoms with E-state index in [2.05, 4.69) is 19.8 Å². The summed E-state index contributed by atoms with van der Waals surface area (Å²) in [6.07, 6.45) is -0.0765. The molecule has 1 saturated heterocycles. The molecular formula is C30H27F5N6O5. The van der Waals surface area contributed by atoms with E-state index in [-0.39, 0.29) is 36.1 Å². The standard InChI is InChI=1S/C30H27F5N6O5/c1-44-21-6-2-17(3-7-21)15-40-26-24(27(38-40)46-28(31)32)11-23(14-37-26)45-22-8-4-19(5-9-22)41-25(42)16-39(29(41)43)20-10-18(12-36-13-20)30(33,34)35/h2-3,6-7,10-14,19,22,28H,4-5,8-9,15-16H2,1H3. The first-order chi connectivity index (χ1) is 22.0. The molecule has 6 rings (SSSR count). The predicted octanol–water partition coefficient (Wildman–Crippen LogP) is 5.66. The molecule has 0 spiro atoms. The van der Waals surface area contributed by atoms with Crippen molar-refractivity contribution >= 4 is 28.7 Å². The predicted molar refractivity (Wildman–Crippen MR) is 152 cm³/mol. The molecular weight excluding hydrogens is 619 g/mol. The molecule has 11 nitrogen and oxygen atoms in total. The Kier molecular flexibility index (Phi) is 8.35. The van der Waals surface area contributed by atoms with E-state index >= 15 is 0 Å². The number of amides is 3. The molecule has 1 aliphatic heterocycles. The summed E-state index contributed by atoms with van der Waals surface area (Å²) in [7, 11) is 1.55. The van der Waals surface area contributed by atoms with Crippen molar-refractivity contribution in [1.29, 1.82) is 0 Å². The fraction of sp³-hybridized carbons (Fsp3) is 0.367. The first-order valence-electron chi connectivity index (χ1n) is 14.3. The molecule has 2 aliphatic rings. The Morgan fingerprint density at radius 2 is 1.72 bits per heavy atom. The zero-order valence-electron chi connectivity index (χ0n) is 24.3. The molecule has 4 aromatic rings. The molecule has 0 atom stereocenters. The molecule has 242 valence electrons. The molecule has 1 aliphatic carbocycles. The number of hydrogen-bond acceptors (Lipinski definition) is 8. The minimum absolute atomic E-state index is 0.113. The number of hydrogen-bond donors (Lipinski definition) is 0. The molecule has 2 fully saturated rings. The van der Waals surface area contributed by atoms with Gasteiger partial charge < -0.3 is 14.2 Å². The van der Waals surface area contributed by atoms with E-state index < -0.39 is 36.3 Å². The van der Waals surface area contributed by atoms with Gasteiger partial charge in [0.25, 0.3) is 5.91 Å². The Balaban J connectivity index is 1.12. The van der Waals surface area contributed by atoms with Gasteiger partial charge in [-0.3, -0.25) is 19.6 Å². The summed E-state index contributed by atoms with van der Waals surface area (Å²) >= 11 is 0. The van der Waals surface area contributed by atoms with E-state index in [4.69, 9.17) is 9.47 Å². The number of fused-ring (bicyclic) bond motifs is 1. The third-order valence-electron chi connectivity index (χ3n) is 7.89. The maximum absolute atomic E-state index is 13.2. The van der Waals surface area contributed by atoms with Crippen molar-refractivity contribution in [3.63, 3.8) is 0 Å². The molecule has 3 aromatic heterocycles. The summed E-state index contributed by atoms with van der Waals surface area (Å²) < 4.78 is 83.3. The van der Waals surface area contributed by atoms with Crippen LogP contribution in [0.2, 0.25) is 0 Å². The quantitative estimate of drug-likeness (QED) is 0.169. The van der Waals surface area contributed by atoms with Crippen molar-refractivity contribution in [3.05, 3.63) is 66.1 Å². The Bertz CT molecular complexity index is 1740. The second-order valence-corrected chi connectivity index (χ2v) is 10.8. The van der Waals surface area contributed by atoms with E-state index in [1.54, 1.807) is 19.2 Å². The lowest BCUT2D eigenvalue weighted by atomic mass is 9.92. The number of alkyl halides is 5. The zero-order valence-corrected chi connectivity index (χ0v) is 24.3. The van der Waals surface area contributed by atoms with E-state index in [1.165, 1.54) is 16.9 Å². The van der Waals surface area contributed by atoms with Crippen molar-refractivity contribution in [3.8, 4) is 17.4 Å². The number of imide groups is 1. The van der Waals surface area contributed by atoms with Crippen LogP contribution in [-0.4, -0.2) is 69.0 Å². The summed E-state index contributed by atoms with van der Waals surface area (Å²) in [5.41, 5.74) is 0.0102. The topological polar surface area (TPSA) is 112 Å². The number of anilines is 1. The second-order valence-electron chi connectivity index (χ2n) is 10.8. The van der Waals surface area contributed by atoms with Gasteiger partial charge in [-0.15, -0.1) is 5.10 Å². The number of carbonyl (C=O) groups excluding carboxylic acids is 2. The molecule has 16 heteroatoms. The van der Waals surface area contributed by atoms with Crippen LogP contribution in [0.25, 0.3) is 11.0 Å². The monoisotopic (exact) mass is 646 g/mol. The van der Waals surface area contributed by atoms with Gasteiger partial charge in [0.1, 0.15) is 18.0 Å². The molecule has 1 saturated carbocycles. The van der Waals surface area contributed by atoms with Gasteiger partial charge in [0.15, 0.2) is 5.65 Å². The fourth-order valence-electron chi connectivity index (χ4n) is 5.68. The van der Waals surface area contributed by atoms with Gasteiger partial charge in [-0.05, 0) is 55.5 Å². The third kappa shape index (κ3) is 6.37. The number of pyridine rings is 2. The van der Waals surface area contributed by atoms with Crippen LogP contribution >= 0.6 is 0 Å². The summed E-state index contributed by atoms with van der Waals surface area (Å²) in [6.45, 7) is -3.26. The third-order valence-corrected chi connectivity index (χ3v) is 7.89. The van der Waals surface area contributed by atoms with Crippen molar-refractivity contribution in [1.82, 2.24) is 24.6 Å². The molecule has 0 N–H and O–H groups in total. The van der Waals surface area contributed by atoms with Gasteiger partial charge in [0.2, 0.25) is 5.88 Å². The molecule has 0 radical (unpaired) electrons. The van der Waals surface area contributed by atoms with E-state index in [0.29, 0.717) is 49.0 Å². The van der Waals surface area contributed by atoms with Crippen LogP contribution in [0.4, 0.5) is 32.4 Å². The lowest BCUT2D eigenvalue weighted by molar-refractivity contribution is -0.137. The van der Waals surface area contributed by atoms with Crippen molar-refractivity contribution in [2.45, 2.75) is 57.2 Å². The van der Waals surface area contributed by atoms with Gasteiger partial charge in [0.05, 0.1) is 48.8 Å². The van der Waals surface area contributed by atoms with E-state index in [1.807, 2.05) is 12.1 Å². The van der Waals surface area contributed by atoms with Gasteiger partial charge >= 0.3 is 18.8 Å². The second kappa shape index (κ2) is 12.4. The Morgan fingerprint density at radius 3 is 2.39 bits per heavy atom. The average Bonchev–Trinajstić information content (AvgIpc) is 3.52. The van der Waals surface area contributed by atoms with Crippen LogP contribution in [0.15, 0.2) is 55.0 Å². The van der Waals surface area contributed by atoms with E-state index in [0.717, 1.165) is 27.6 Å². The lowest BCUT2D eigenvalue weighted by Crippen LogP contribution is -2.44. The Labute approximate surface area is 258 Å². The fourth-order valence-corrected chi connectivity index (χ4v) is 5.68. The first-order valence-corrected chi connectivity index (χ1v) is 14.3. The smallest absolute Gasteiger partial charge is 0.417 e. The van der Waals surface area contributed by atoms with Gasteiger partial charge in [0, 0.05) is 12.2 Å². The summed E-state index contributed by atoms with van der Waals surface area (Å²) in [5, 5.41) is 4.43. The maximum atomic E-state index is 13.2. The van der Waals surface area contributed by atoms with Crippen molar-refractivity contribution in [2.75, 3.05) is 18.6 Å². The number of benzene rings is 1. The van der Waals surface area contributed by atoms with Crippen LogP contribution in [0, 0.1) is 0 Å². The van der Waals surface area contributed by atoms with Gasteiger partial charge in [-0.2, -0.15) is 22.0 Å². The summed E-state index contributed by atoms with van der Waals surface area (Å²) in [4.78, 5) is 36.0. The molecule has 0 bridgehead atoms.